The Kier molecular flexibility index (Phi) is 7.39. The highest BCUT2D eigenvalue weighted by Crippen LogP contribution is 2.34. The van der Waals surface area contributed by atoms with Crippen LogP contribution in [0.5, 0.6) is 11.5 Å². The Balaban J connectivity index is 1.58. The lowest BCUT2D eigenvalue weighted by Crippen LogP contribution is -2.23. The zero-order valence-electron chi connectivity index (χ0n) is 19.5. The Morgan fingerprint density at radius 3 is 2.68 bits per heavy atom. The third-order valence-corrected chi connectivity index (χ3v) is 5.04. The fourth-order valence-corrected chi connectivity index (χ4v) is 3.43. The molecule has 4 rings (SSSR count). The zero-order chi connectivity index (χ0) is 23.9. The number of nitrogens with zero attached hydrogens (tertiary/aromatic N) is 2. The number of methoxy groups -OCH3 is 1. The number of carbonyl (C=O) groups is 1. The molecule has 0 spiro atoms. The lowest BCUT2D eigenvalue weighted by atomic mass is 10.1. The Bertz CT molecular complexity index is 1250. The standard InChI is InChI=1S/C26H28N4O4/c1-17(2)34-23-10-9-20(33-16-18-7-5-4-6-8-18)12-21(23)25-29-22-11-19(14-28-26(22)30-25)13-27-15-24(31)32-3/h4-12,14,17,27H,13,15-16H2,1-3H3,(H,28,29,30). The Morgan fingerprint density at radius 2 is 1.91 bits per heavy atom. The van der Waals surface area contributed by atoms with E-state index in [9.17, 15) is 4.79 Å². The first kappa shape index (κ1) is 23.3. The highest BCUT2D eigenvalue weighted by Gasteiger charge is 2.15. The van der Waals surface area contributed by atoms with E-state index >= 15 is 0 Å². The van der Waals surface area contributed by atoms with Gasteiger partial charge in [0, 0.05) is 12.7 Å². The van der Waals surface area contributed by atoms with Crippen molar-refractivity contribution in [3.63, 3.8) is 0 Å². The van der Waals surface area contributed by atoms with Crippen LogP contribution in [-0.4, -0.2) is 40.7 Å². The molecule has 0 bridgehead atoms. The molecule has 8 heteroatoms. The van der Waals surface area contributed by atoms with Crippen molar-refractivity contribution in [3.8, 4) is 22.9 Å². The molecule has 2 N–H and O–H groups in total. The van der Waals surface area contributed by atoms with Gasteiger partial charge in [-0.25, -0.2) is 9.97 Å². The van der Waals surface area contributed by atoms with E-state index in [0.717, 1.165) is 28.0 Å². The number of ether oxygens (including phenoxy) is 3. The summed E-state index contributed by atoms with van der Waals surface area (Å²) in [6, 6.07) is 17.7. The topological polar surface area (TPSA) is 98.4 Å². The lowest BCUT2D eigenvalue weighted by Gasteiger charge is -2.15. The van der Waals surface area contributed by atoms with Crippen LogP contribution in [0.4, 0.5) is 0 Å². The summed E-state index contributed by atoms with van der Waals surface area (Å²) in [6.07, 6.45) is 1.74. The number of rotatable bonds is 10. The number of H-pyrrole nitrogens is 1. The van der Waals surface area contributed by atoms with Gasteiger partial charge in [-0.05, 0) is 49.2 Å². The van der Waals surface area contributed by atoms with Crippen molar-refractivity contribution < 1.29 is 19.0 Å². The molecule has 0 aliphatic carbocycles. The van der Waals surface area contributed by atoms with Crippen LogP contribution in [0, 0.1) is 0 Å². The molecule has 0 atom stereocenters. The monoisotopic (exact) mass is 460 g/mol. The molecule has 4 aromatic rings. The first-order chi connectivity index (χ1) is 16.5. The molecule has 34 heavy (non-hydrogen) atoms. The van der Waals surface area contributed by atoms with Gasteiger partial charge in [-0.3, -0.25) is 4.79 Å². The number of pyridine rings is 1. The fourth-order valence-electron chi connectivity index (χ4n) is 3.43. The third kappa shape index (κ3) is 5.90. The Morgan fingerprint density at radius 1 is 1.09 bits per heavy atom. The lowest BCUT2D eigenvalue weighted by molar-refractivity contribution is -0.139. The van der Waals surface area contributed by atoms with Crippen LogP contribution in [-0.2, 0) is 22.7 Å². The summed E-state index contributed by atoms with van der Waals surface area (Å²) in [5.74, 6) is 1.75. The van der Waals surface area contributed by atoms with E-state index < -0.39 is 0 Å². The summed E-state index contributed by atoms with van der Waals surface area (Å²) < 4.78 is 16.7. The van der Waals surface area contributed by atoms with Gasteiger partial charge >= 0.3 is 5.97 Å². The van der Waals surface area contributed by atoms with Crippen LogP contribution < -0.4 is 14.8 Å². The Labute approximate surface area is 198 Å². The van der Waals surface area contributed by atoms with Crippen molar-refractivity contribution in [1.29, 1.82) is 0 Å². The molecule has 0 saturated heterocycles. The van der Waals surface area contributed by atoms with E-state index in [1.54, 1.807) is 6.20 Å². The first-order valence-corrected chi connectivity index (χ1v) is 11.1. The maximum absolute atomic E-state index is 11.3. The fraction of sp³-hybridized carbons (Fsp3) is 0.269. The molecule has 0 aliphatic heterocycles. The SMILES string of the molecule is COC(=O)CNCc1cnc2nc(-c3cc(OCc4ccccc4)ccc3OC(C)C)[nH]c2c1. The average Bonchev–Trinajstić information content (AvgIpc) is 3.27. The molecule has 0 fully saturated rings. The van der Waals surface area contributed by atoms with Gasteiger partial charge in [0.15, 0.2) is 5.65 Å². The summed E-state index contributed by atoms with van der Waals surface area (Å²) in [5, 5.41) is 3.04. The normalized spacial score (nSPS) is 11.1. The molecule has 0 unspecified atom stereocenters. The predicted molar refractivity (Wildman–Crippen MR) is 130 cm³/mol. The number of hydrogen-bond donors (Lipinski definition) is 2. The molecule has 176 valence electrons. The zero-order valence-corrected chi connectivity index (χ0v) is 19.5. The summed E-state index contributed by atoms with van der Waals surface area (Å²) in [6.45, 7) is 5.05. The number of aromatic amines is 1. The Hall–Kier alpha value is -3.91. The van der Waals surface area contributed by atoms with E-state index in [1.807, 2.05) is 68.4 Å². The molecule has 0 radical (unpaired) electrons. The molecule has 0 amide bonds. The van der Waals surface area contributed by atoms with Crippen LogP contribution in [0.15, 0.2) is 60.8 Å². The molecule has 2 aromatic carbocycles. The van der Waals surface area contributed by atoms with E-state index in [4.69, 9.17) is 9.47 Å². The molecular weight excluding hydrogens is 432 g/mol. The number of nitrogens with one attached hydrogen (secondary N) is 2. The van der Waals surface area contributed by atoms with E-state index in [1.165, 1.54) is 7.11 Å². The van der Waals surface area contributed by atoms with Gasteiger partial charge in [-0.1, -0.05) is 30.3 Å². The summed E-state index contributed by atoms with van der Waals surface area (Å²) >= 11 is 0. The van der Waals surface area contributed by atoms with Gasteiger partial charge in [0.1, 0.15) is 23.9 Å². The number of benzene rings is 2. The largest absolute Gasteiger partial charge is 0.490 e. The minimum absolute atomic E-state index is 0.00447. The minimum Gasteiger partial charge on any atom is -0.490 e. The predicted octanol–water partition coefficient (Wildman–Crippen LogP) is 4.25. The van der Waals surface area contributed by atoms with E-state index in [-0.39, 0.29) is 18.6 Å². The minimum atomic E-state index is -0.315. The smallest absolute Gasteiger partial charge is 0.319 e. The summed E-state index contributed by atoms with van der Waals surface area (Å²) in [4.78, 5) is 23.8. The van der Waals surface area contributed by atoms with E-state index in [0.29, 0.717) is 30.4 Å². The molecule has 0 aliphatic rings. The summed E-state index contributed by atoms with van der Waals surface area (Å²) in [7, 11) is 1.36. The van der Waals surface area contributed by atoms with Crippen molar-refractivity contribution in [3.05, 3.63) is 71.9 Å². The van der Waals surface area contributed by atoms with Gasteiger partial charge in [0.2, 0.25) is 0 Å². The number of aromatic nitrogens is 3. The van der Waals surface area contributed by atoms with Crippen molar-refractivity contribution in [2.75, 3.05) is 13.7 Å². The second-order valence-electron chi connectivity index (χ2n) is 8.08. The van der Waals surface area contributed by atoms with Gasteiger partial charge < -0.3 is 24.5 Å². The molecule has 8 nitrogen and oxygen atoms in total. The number of carbonyl (C=O) groups excluding carboxylic acids is 1. The van der Waals surface area contributed by atoms with Crippen LogP contribution in [0.1, 0.15) is 25.0 Å². The van der Waals surface area contributed by atoms with Crippen molar-refractivity contribution in [2.45, 2.75) is 33.1 Å². The quantitative estimate of drug-likeness (QED) is 0.341. The molecule has 0 saturated carbocycles. The molecule has 2 aromatic heterocycles. The van der Waals surface area contributed by atoms with Crippen molar-refractivity contribution in [1.82, 2.24) is 20.3 Å². The molecular formula is C26H28N4O4. The van der Waals surface area contributed by atoms with Gasteiger partial charge in [-0.15, -0.1) is 0 Å². The molecule has 2 heterocycles. The van der Waals surface area contributed by atoms with Gasteiger partial charge in [-0.2, -0.15) is 0 Å². The van der Waals surface area contributed by atoms with Crippen molar-refractivity contribution in [2.24, 2.45) is 0 Å². The average molecular weight is 461 g/mol. The van der Waals surface area contributed by atoms with Crippen LogP contribution in [0.2, 0.25) is 0 Å². The highest BCUT2D eigenvalue weighted by atomic mass is 16.5. The second-order valence-corrected chi connectivity index (χ2v) is 8.08. The van der Waals surface area contributed by atoms with Gasteiger partial charge in [0.25, 0.3) is 0 Å². The van der Waals surface area contributed by atoms with Crippen LogP contribution in [0.3, 0.4) is 0 Å². The van der Waals surface area contributed by atoms with Gasteiger partial charge in [0.05, 0.1) is 30.8 Å². The maximum atomic E-state index is 11.3. The van der Waals surface area contributed by atoms with Crippen molar-refractivity contribution >= 4 is 17.1 Å². The number of hydrogen-bond acceptors (Lipinski definition) is 7. The highest BCUT2D eigenvalue weighted by molar-refractivity contribution is 5.78. The van der Waals surface area contributed by atoms with E-state index in [2.05, 4.69) is 25.0 Å². The summed E-state index contributed by atoms with van der Waals surface area (Å²) in [5.41, 5.74) is 4.19. The number of esters is 1. The maximum Gasteiger partial charge on any atom is 0.319 e. The first-order valence-electron chi connectivity index (χ1n) is 11.1. The van der Waals surface area contributed by atoms with Crippen LogP contribution >= 0.6 is 0 Å². The number of fused-ring (bicyclic) bond motifs is 1. The third-order valence-electron chi connectivity index (χ3n) is 5.04. The number of imidazole rings is 1. The van der Waals surface area contributed by atoms with Crippen LogP contribution in [0.25, 0.3) is 22.6 Å². The second kappa shape index (κ2) is 10.8.